The highest BCUT2D eigenvalue weighted by Gasteiger charge is 2.35. The molecule has 0 spiro atoms. The molecule has 0 unspecified atom stereocenters. The second-order valence-electron chi connectivity index (χ2n) is 19.7. The molecule has 0 atom stereocenters. The third kappa shape index (κ3) is 10.00. The van der Waals surface area contributed by atoms with E-state index >= 15 is 0 Å². The van der Waals surface area contributed by atoms with Crippen molar-refractivity contribution in [3.63, 3.8) is 0 Å². The van der Waals surface area contributed by atoms with Gasteiger partial charge in [-0.3, -0.25) is 9.59 Å². The average molecular weight is 741 g/mol. The lowest BCUT2D eigenvalue weighted by Crippen LogP contribution is -2.27. The monoisotopic (exact) mass is 741 g/mol. The van der Waals surface area contributed by atoms with Gasteiger partial charge in [-0.25, -0.2) is 0 Å². The molecule has 0 fully saturated rings. The predicted molar refractivity (Wildman–Crippen MR) is 229 cm³/mol. The molecular formula is C49H64N4O2. The van der Waals surface area contributed by atoms with Gasteiger partial charge in [0.05, 0.1) is 23.8 Å². The minimum absolute atomic E-state index is 0.108. The van der Waals surface area contributed by atoms with Crippen LogP contribution in [0, 0.1) is 35.5 Å². The number of hydrogen-bond acceptors (Lipinski definition) is 6. The van der Waals surface area contributed by atoms with Crippen molar-refractivity contribution in [3.8, 4) is 0 Å². The highest BCUT2D eigenvalue weighted by molar-refractivity contribution is 6.12. The Balaban J connectivity index is 1.62. The van der Waals surface area contributed by atoms with E-state index in [0.717, 1.165) is 68.8 Å². The molecule has 55 heavy (non-hydrogen) atoms. The van der Waals surface area contributed by atoms with E-state index in [1.807, 2.05) is 24.3 Å². The summed E-state index contributed by atoms with van der Waals surface area (Å²) in [6.45, 7) is 33.5. The van der Waals surface area contributed by atoms with Crippen LogP contribution >= 0.6 is 0 Å². The summed E-state index contributed by atoms with van der Waals surface area (Å²) in [6.07, 6.45) is 13.3. The van der Waals surface area contributed by atoms with Crippen molar-refractivity contribution < 1.29 is 9.59 Å². The first-order chi connectivity index (χ1) is 25.3. The fourth-order valence-corrected chi connectivity index (χ4v) is 7.17. The van der Waals surface area contributed by atoms with Gasteiger partial charge in [-0.2, -0.15) is 20.5 Å². The van der Waals surface area contributed by atoms with Gasteiger partial charge >= 0.3 is 0 Å². The molecular weight excluding hydrogens is 677 g/mol. The number of carbonyl (C=O) groups is 2. The molecule has 4 rings (SSSR count). The number of carbonyl (C=O) groups excluding carboxylic acids is 2. The first-order valence-electron chi connectivity index (χ1n) is 19.7. The van der Waals surface area contributed by atoms with E-state index in [1.165, 1.54) is 11.1 Å². The Bertz CT molecular complexity index is 1880. The second-order valence-corrected chi connectivity index (χ2v) is 19.7. The summed E-state index contributed by atoms with van der Waals surface area (Å²) in [4.78, 5) is 26.7. The van der Waals surface area contributed by atoms with Crippen LogP contribution in [0.3, 0.4) is 0 Å². The number of rotatable bonds is 8. The van der Waals surface area contributed by atoms with Gasteiger partial charge in [-0.1, -0.05) is 128 Å². The van der Waals surface area contributed by atoms with Gasteiger partial charge in [0.1, 0.15) is 0 Å². The van der Waals surface area contributed by atoms with Gasteiger partial charge in [0, 0.05) is 27.7 Å². The molecule has 2 aliphatic rings. The van der Waals surface area contributed by atoms with Crippen molar-refractivity contribution in [2.75, 3.05) is 0 Å². The number of nitrogens with zero attached hydrogens (tertiary/aromatic N) is 4. The number of hydrogen-bond donors (Lipinski definition) is 0. The Kier molecular flexibility index (Phi) is 12.5. The molecule has 0 heterocycles. The van der Waals surface area contributed by atoms with Crippen LogP contribution in [0.4, 0.5) is 11.4 Å². The summed E-state index contributed by atoms with van der Waals surface area (Å²) in [7, 11) is 0. The first kappa shape index (κ1) is 43.2. The van der Waals surface area contributed by atoms with E-state index in [4.69, 9.17) is 0 Å². The number of aryl methyl sites for hydroxylation is 2. The number of benzene rings is 2. The van der Waals surface area contributed by atoms with E-state index < -0.39 is 0 Å². The molecule has 0 aliphatic heterocycles. The van der Waals surface area contributed by atoms with Crippen molar-refractivity contribution >= 4 is 22.9 Å². The van der Waals surface area contributed by atoms with Crippen molar-refractivity contribution in [2.24, 2.45) is 42.1 Å². The zero-order valence-corrected chi connectivity index (χ0v) is 36.4. The topological polar surface area (TPSA) is 83.6 Å². The molecule has 0 saturated heterocycles. The van der Waals surface area contributed by atoms with Gasteiger partial charge in [0.2, 0.25) is 0 Å². The van der Waals surface area contributed by atoms with E-state index in [1.54, 1.807) is 12.4 Å². The van der Waals surface area contributed by atoms with E-state index in [0.29, 0.717) is 0 Å². The van der Waals surface area contributed by atoms with E-state index in [2.05, 4.69) is 168 Å². The Hall–Kier alpha value is -4.58. The number of Topliss-reactive ketones (excluding diaryl/α,β-unsaturated/α-hetero) is 2. The highest BCUT2D eigenvalue weighted by atomic mass is 16.1. The molecule has 0 aromatic heterocycles. The summed E-state index contributed by atoms with van der Waals surface area (Å²) < 4.78 is 0. The quantitative estimate of drug-likeness (QED) is 0.252. The fraction of sp³-hybridized carbons (Fsp3) is 0.469. The maximum atomic E-state index is 13.3. The van der Waals surface area contributed by atoms with Crippen molar-refractivity contribution in [1.82, 2.24) is 0 Å². The predicted octanol–water partition coefficient (Wildman–Crippen LogP) is 14.4. The number of ketones is 2. The van der Waals surface area contributed by atoms with Crippen LogP contribution < -0.4 is 0 Å². The van der Waals surface area contributed by atoms with Crippen LogP contribution in [0.2, 0.25) is 0 Å². The Morgan fingerprint density at radius 1 is 0.509 bits per heavy atom. The molecule has 2 aromatic carbocycles. The van der Waals surface area contributed by atoms with Gasteiger partial charge in [-0.15, -0.1) is 0 Å². The molecule has 292 valence electrons. The molecule has 0 N–H and O–H groups in total. The maximum Gasteiger partial charge on any atom is 0.186 e. The normalized spacial score (nSPS) is 17.3. The molecule has 6 heteroatoms. The third-order valence-electron chi connectivity index (χ3n) is 10.6. The van der Waals surface area contributed by atoms with E-state index in [-0.39, 0.29) is 38.6 Å². The lowest BCUT2D eigenvalue weighted by Gasteiger charge is -2.32. The molecule has 2 aromatic rings. The molecule has 0 radical (unpaired) electrons. The Morgan fingerprint density at radius 3 is 1.07 bits per heavy atom. The van der Waals surface area contributed by atoms with Gasteiger partial charge in [0.25, 0.3) is 0 Å². The SMILES string of the molecule is CCCC(C)(c1ccc(N=NC=C2C=C(C(C)(C)C)C(=O)C(C(C)(C)C)=C2)c(C)c1)c1ccc(N=NC=C2C=C(C(C)(C)C)C(=O)C(C(C)(C)C)=C2)c(C)c1. The molecule has 0 amide bonds. The van der Waals surface area contributed by atoms with Crippen LogP contribution in [-0.4, -0.2) is 11.6 Å². The van der Waals surface area contributed by atoms with E-state index in [9.17, 15) is 9.59 Å². The van der Waals surface area contributed by atoms with Crippen molar-refractivity contribution in [1.29, 1.82) is 0 Å². The van der Waals surface area contributed by atoms with Crippen molar-refractivity contribution in [3.05, 3.63) is 129 Å². The summed E-state index contributed by atoms with van der Waals surface area (Å²) >= 11 is 0. The van der Waals surface area contributed by atoms with Gasteiger partial charge in [-0.05, 0) is 112 Å². The number of azo groups is 2. The summed E-state index contributed by atoms with van der Waals surface area (Å²) in [5.41, 5.74) is 9.72. The lowest BCUT2D eigenvalue weighted by atomic mass is 9.72. The zero-order valence-electron chi connectivity index (χ0n) is 36.4. The molecule has 2 aliphatic carbocycles. The standard InChI is InChI=1S/C49H64N4O2/c1-17-22-49(16,35-18-20-41(31(2)23-35)52-50-29-33-25-37(45(4,5)6)43(54)38(26-33)46(7,8)9)36-19-21-42(32(3)24-36)53-51-30-34-27-39(47(10,11)12)44(55)40(28-34)48(13,14)15/h18-21,23-30H,17,22H2,1-16H3. The smallest absolute Gasteiger partial charge is 0.186 e. The van der Waals surface area contributed by atoms with Crippen LogP contribution in [0.1, 0.15) is 132 Å². The summed E-state index contributed by atoms with van der Waals surface area (Å²) in [6, 6.07) is 12.9. The largest absolute Gasteiger partial charge is 0.289 e. The third-order valence-corrected chi connectivity index (χ3v) is 10.6. The highest BCUT2D eigenvalue weighted by Crippen LogP contribution is 2.42. The van der Waals surface area contributed by atoms with Crippen LogP contribution in [0.15, 0.2) is 127 Å². The molecule has 0 bridgehead atoms. The zero-order chi connectivity index (χ0) is 41.3. The van der Waals surface area contributed by atoms with Crippen LogP contribution in [-0.2, 0) is 15.0 Å². The molecule has 0 saturated carbocycles. The Labute approximate surface area is 331 Å². The van der Waals surface area contributed by atoms with Gasteiger partial charge in [0.15, 0.2) is 11.6 Å². The first-order valence-corrected chi connectivity index (χ1v) is 19.7. The molecule has 6 nitrogen and oxygen atoms in total. The van der Waals surface area contributed by atoms with Gasteiger partial charge < -0.3 is 0 Å². The second kappa shape index (κ2) is 15.9. The summed E-state index contributed by atoms with van der Waals surface area (Å²) in [5, 5.41) is 18.2. The lowest BCUT2D eigenvalue weighted by molar-refractivity contribution is -0.114. The maximum absolute atomic E-state index is 13.3. The minimum atomic E-state index is -0.280. The Morgan fingerprint density at radius 2 is 0.818 bits per heavy atom. The van der Waals surface area contributed by atoms with Crippen LogP contribution in [0.25, 0.3) is 0 Å². The minimum Gasteiger partial charge on any atom is -0.289 e. The van der Waals surface area contributed by atoms with Crippen molar-refractivity contribution in [2.45, 2.75) is 129 Å². The summed E-state index contributed by atoms with van der Waals surface area (Å²) in [5.74, 6) is 0.216. The van der Waals surface area contributed by atoms with Crippen LogP contribution in [0.5, 0.6) is 0 Å². The average Bonchev–Trinajstić information content (AvgIpc) is 3.05. The fourth-order valence-electron chi connectivity index (χ4n) is 7.17. The number of allylic oxidation sites excluding steroid dienone is 10.